The Bertz CT molecular complexity index is 244. The van der Waals surface area contributed by atoms with Gasteiger partial charge in [0.1, 0.15) is 0 Å². The first-order valence-electron chi connectivity index (χ1n) is 3.65. The Morgan fingerprint density at radius 2 is 2.42 bits per heavy atom. The lowest BCUT2D eigenvalue weighted by Crippen LogP contribution is -2.26. The van der Waals surface area contributed by atoms with Crippen molar-refractivity contribution in [1.29, 1.82) is 0 Å². The Labute approximate surface area is 76.0 Å². The lowest BCUT2D eigenvalue weighted by molar-refractivity contribution is -0.116. The third kappa shape index (κ3) is 3.02. The maximum Gasteiger partial charge on any atom is 0.238 e. The van der Waals surface area contributed by atoms with Crippen molar-refractivity contribution >= 4 is 22.9 Å². The highest BCUT2D eigenvalue weighted by Crippen LogP contribution is 2.11. The van der Waals surface area contributed by atoms with Crippen molar-refractivity contribution < 1.29 is 4.79 Å². The summed E-state index contributed by atoms with van der Waals surface area (Å²) < 4.78 is 0. The molecular formula is C8H12N2OS. The second kappa shape index (κ2) is 4.23. The van der Waals surface area contributed by atoms with Crippen LogP contribution in [0.25, 0.3) is 0 Å². The molecule has 0 fully saturated rings. The van der Waals surface area contributed by atoms with Gasteiger partial charge in [0.05, 0.1) is 12.2 Å². The van der Waals surface area contributed by atoms with Gasteiger partial charge in [-0.3, -0.25) is 4.79 Å². The summed E-state index contributed by atoms with van der Waals surface area (Å²) in [6, 6.07) is 1.89. The molecule has 0 unspecified atom stereocenters. The number of hydrogen-bond donors (Lipinski definition) is 1. The van der Waals surface area contributed by atoms with Crippen molar-refractivity contribution in [3.63, 3.8) is 0 Å². The SMILES string of the molecule is CN(C)CC(=O)Nc1ccsc1. The molecule has 0 radical (unpaired) electrons. The van der Waals surface area contributed by atoms with Crippen LogP contribution in [0, 0.1) is 0 Å². The highest BCUT2D eigenvalue weighted by atomic mass is 32.1. The first kappa shape index (κ1) is 9.22. The first-order chi connectivity index (χ1) is 5.68. The molecule has 3 nitrogen and oxygen atoms in total. The van der Waals surface area contributed by atoms with Gasteiger partial charge in [-0.15, -0.1) is 0 Å². The van der Waals surface area contributed by atoms with E-state index in [4.69, 9.17) is 0 Å². The van der Waals surface area contributed by atoms with Crippen LogP contribution in [0.5, 0.6) is 0 Å². The topological polar surface area (TPSA) is 32.3 Å². The second-order valence-corrected chi connectivity index (χ2v) is 3.58. The maximum absolute atomic E-state index is 11.2. The largest absolute Gasteiger partial charge is 0.324 e. The van der Waals surface area contributed by atoms with E-state index in [1.165, 1.54) is 0 Å². The second-order valence-electron chi connectivity index (χ2n) is 2.80. The van der Waals surface area contributed by atoms with Gasteiger partial charge in [-0.1, -0.05) is 0 Å². The number of hydrogen-bond acceptors (Lipinski definition) is 3. The maximum atomic E-state index is 11.2. The summed E-state index contributed by atoms with van der Waals surface area (Å²) in [5.41, 5.74) is 0.881. The molecule has 0 aliphatic heterocycles. The van der Waals surface area contributed by atoms with E-state index in [1.54, 1.807) is 11.3 Å². The Balaban J connectivity index is 2.37. The zero-order valence-electron chi connectivity index (χ0n) is 7.20. The van der Waals surface area contributed by atoms with Gasteiger partial charge in [0, 0.05) is 5.38 Å². The molecule has 0 saturated carbocycles. The molecule has 0 aliphatic rings. The highest BCUT2D eigenvalue weighted by Gasteiger charge is 2.02. The number of likely N-dealkylation sites (N-methyl/N-ethyl adjacent to an activating group) is 1. The van der Waals surface area contributed by atoms with Crippen molar-refractivity contribution in [2.45, 2.75) is 0 Å². The van der Waals surface area contributed by atoms with Gasteiger partial charge >= 0.3 is 0 Å². The zero-order chi connectivity index (χ0) is 8.97. The zero-order valence-corrected chi connectivity index (χ0v) is 8.02. The van der Waals surface area contributed by atoms with E-state index in [2.05, 4.69) is 5.32 Å². The van der Waals surface area contributed by atoms with Crippen LogP contribution in [0.2, 0.25) is 0 Å². The van der Waals surface area contributed by atoms with Crippen LogP contribution in [-0.2, 0) is 4.79 Å². The van der Waals surface area contributed by atoms with Crippen molar-refractivity contribution in [2.75, 3.05) is 26.0 Å². The molecule has 0 aliphatic carbocycles. The van der Waals surface area contributed by atoms with E-state index >= 15 is 0 Å². The van der Waals surface area contributed by atoms with Gasteiger partial charge in [-0.25, -0.2) is 0 Å². The summed E-state index contributed by atoms with van der Waals surface area (Å²) in [6.07, 6.45) is 0. The molecule has 0 spiro atoms. The van der Waals surface area contributed by atoms with Crippen molar-refractivity contribution in [3.8, 4) is 0 Å². The molecule has 12 heavy (non-hydrogen) atoms. The molecule has 1 amide bonds. The minimum atomic E-state index is 0.0263. The van der Waals surface area contributed by atoms with Crippen LogP contribution in [0.1, 0.15) is 0 Å². The third-order valence-corrected chi connectivity index (χ3v) is 1.95. The van der Waals surface area contributed by atoms with Crippen LogP contribution in [-0.4, -0.2) is 31.4 Å². The van der Waals surface area contributed by atoms with Crippen LogP contribution < -0.4 is 5.32 Å². The number of rotatable bonds is 3. The number of carbonyl (C=O) groups is 1. The normalized spacial score (nSPS) is 10.2. The molecule has 0 bridgehead atoms. The third-order valence-electron chi connectivity index (χ3n) is 1.26. The van der Waals surface area contributed by atoms with Crippen molar-refractivity contribution in [2.24, 2.45) is 0 Å². The highest BCUT2D eigenvalue weighted by molar-refractivity contribution is 7.08. The summed E-state index contributed by atoms with van der Waals surface area (Å²) >= 11 is 1.57. The quantitative estimate of drug-likeness (QED) is 0.766. The Hall–Kier alpha value is -0.870. The van der Waals surface area contributed by atoms with Crippen LogP contribution in [0.3, 0.4) is 0 Å². The Morgan fingerprint density at radius 3 is 2.92 bits per heavy atom. The van der Waals surface area contributed by atoms with Crippen LogP contribution in [0.15, 0.2) is 16.8 Å². The molecule has 1 aromatic heterocycles. The molecular weight excluding hydrogens is 172 g/mol. The van der Waals surface area contributed by atoms with E-state index in [-0.39, 0.29) is 5.91 Å². The molecule has 1 heterocycles. The number of nitrogens with one attached hydrogen (secondary N) is 1. The van der Waals surface area contributed by atoms with E-state index in [1.807, 2.05) is 35.8 Å². The summed E-state index contributed by atoms with van der Waals surface area (Å²) in [5.74, 6) is 0.0263. The number of amides is 1. The van der Waals surface area contributed by atoms with Crippen LogP contribution >= 0.6 is 11.3 Å². The summed E-state index contributed by atoms with van der Waals surface area (Å²) in [4.78, 5) is 13.0. The molecule has 4 heteroatoms. The lowest BCUT2D eigenvalue weighted by atomic mass is 10.5. The lowest BCUT2D eigenvalue weighted by Gasteiger charge is -2.08. The van der Waals surface area contributed by atoms with Gasteiger partial charge in [0.15, 0.2) is 0 Å². The number of anilines is 1. The van der Waals surface area contributed by atoms with E-state index in [0.717, 1.165) is 5.69 Å². The standard InChI is InChI=1S/C8H12N2OS/c1-10(2)5-8(11)9-7-3-4-12-6-7/h3-4,6H,5H2,1-2H3,(H,9,11). The average molecular weight is 184 g/mol. The minimum Gasteiger partial charge on any atom is -0.324 e. The molecule has 1 N–H and O–H groups in total. The monoisotopic (exact) mass is 184 g/mol. The van der Waals surface area contributed by atoms with Crippen molar-refractivity contribution in [3.05, 3.63) is 16.8 Å². The van der Waals surface area contributed by atoms with Gasteiger partial charge in [0.25, 0.3) is 0 Å². The minimum absolute atomic E-state index is 0.0263. The number of nitrogens with zero attached hydrogens (tertiary/aromatic N) is 1. The van der Waals surface area contributed by atoms with Gasteiger partial charge in [0.2, 0.25) is 5.91 Å². The Morgan fingerprint density at radius 1 is 1.67 bits per heavy atom. The molecule has 0 aromatic carbocycles. The fraction of sp³-hybridized carbons (Fsp3) is 0.375. The smallest absolute Gasteiger partial charge is 0.238 e. The molecule has 1 aromatic rings. The van der Waals surface area contributed by atoms with E-state index in [0.29, 0.717) is 6.54 Å². The summed E-state index contributed by atoms with van der Waals surface area (Å²) in [6.45, 7) is 0.426. The molecule has 1 rings (SSSR count). The van der Waals surface area contributed by atoms with E-state index < -0.39 is 0 Å². The molecule has 0 atom stereocenters. The van der Waals surface area contributed by atoms with Crippen molar-refractivity contribution in [1.82, 2.24) is 4.90 Å². The van der Waals surface area contributed by atoms with Gasteiger partial charge < -0.3 is 10.2 Å². The van der Waals surface area contributed by atoms with Gasteiger partial charge in [-0.2, -0.15) is 11.3 Å². The number of thiophene rings is 1. The summed E-state index contributed by atoms with van der Waals surface area (Å²) in [7, 11) is 3.74. The average Bonchev–Trinajstić information content (AvgIpc) is 2.37. The molecule has 66 valence electrons. The fourth-order valence-electron chi connectivity index (χ4n) is 0.823. The predicted molar refractivity (Wildman–Crippen MR) is 51.5 cm³/mol. The molecule has 0 saturated heterocycles. The van der Waals surface area contributed by atoms with E-state index in [9.17, 15) is 4.79 Å². The first-order valence-corrected chi connectivity index (χ1v) is 4.59. The summed E-state index contributed by atoms with van der Waals surface area (Å²) in [5, 5.41) is 6.63. The fourth-order valence-corrected chi connectivity index (χ4v) is 1.41. The van der Waals surface area contributed by atoms with Crippen LogP contribution in [0.4, 0.5) is 5.69 Å². The Kier molecular flexibility index (Phi) is 3.25. The van der Waals surface area contributed by atoms with Gasteiger partial charge in [-0.05, 0) is 25.5 Å². The number of carbonyl (C=O) groups excluding carboxylic acids is 1. The predicted octanol–water partition coefficient (Wildman–Crippen LogP) is 1.25.